The highest BCUT2D eigenvalue weighted by molar-refractivity contribution is 5.93. The van der Waals surface area contributed by atoms with Crippen molar-refractivity contribution in [3.63, 3.8) is 0 Å². The van der Waals surface area contributed by atoms with Crippen LogP contribution >= 0.6 is 0 Å². The van der Waals surface area contributed by atoms with Gasteiger partial charge < -0.3 is 10.0 Å². The molecule has 2 heterocycles. The van der Waals surface area contributed by atoms with E-state index in [1.807, 2.05) is 42.5 Å². The molecule has 0 aliphatic heterocycles. The van der Waals surface area contributed by atoms with E-state index in [2.05, 4.69) is 9.97 Å². The van der Waals surface area contributed by atoms with Crippen molar-refractivity contribution in [2.45, 2.75) is 25.0 Å². The first kappa shape index (κ1) is 16.5. The van der Waals surface area contributed by atoms with E-state index in [4.69, 9.17) is 0 Å². The predicted molar refractivity (Wildman–Crippen MR) is 96.8 cm³/mol. The van der Waals surface area contributed by atoms with E-state index >= 15 is 0 Å². The summed E-state index contributed by atoms with van der Waals surface area (Å²) in [4.78, 5) is 23.3. The summed E-state index contributed by atoms with van der Waals surface area (Å²) in [5.41, 5.74) is 1.19. The van der Waals surface area contributed by atoms with Crippen LogP contribution in [0.2, 0.25) is 0 Å². The SMILES string of the molecule is O=C(c1cccc(-n2ccnc2)n1)N(C[C@H](O)c1ccccc1)C1CC1. The molecule has 2 aromatic heterocycles. The molecule has 1 atom stereocenters. The minimum atomic E-state index is -0.711. The number of rotatable bonds is 6. The smallest absolute Gasteiger partial charge is 0.272 e. The Labute approximate surface area is 151 Å². The van der Waals surface area contributed by atoms with Gasteiger partial charge >= 0.3 is 0 Å². The van der Waals surface area contributed by atoms with Crippen LogP contribution in [0, 0.1) is 0 Å². The summed E-state index contributed by atoms with van der Waals surface area (Å²) in [5.74, 6) is 0.497. The Morgan fingerprint density at radius 3 is 2.69 bits per heavy atom. The van der Waals surface area contributed by atoms with Gasteiger partial charge in [-0.3, -0.25) is 9.36 Å². The summed E-state index contributed by atoms with van der Waals surface area (Å²) in [6.45, 7) is 0.268. The Bertz CT molecular complexity index is 876. The van der Waals surface area contributed by atoms with Crippen molar-refractivity contribution in [3.8, 4) is 5.82 Å². The van der Waals surface area contributed by atoms with E-state index in [0.717, 1.165) is 18.4 Å². The van der Waals surface area contributed by atoms with Gasteiger partial charge in [0.25, 0.3) is 5.91 Å². The Morgan fingerprint density at radius 2 is 2.00 bits per heavy atom. The molecule has 0 saturated heterocycles. The van der Waals surface area contributed by atoms with Gasteiger partial charge in [0, 0.05) is 18.4 Å². The lowest BCUT2D eigenvalue weighted by Crippen LogP contribution is -2.37. The number of aliphatic hydroxyl groups is 1. The van der Waals surface area contributed by atoms with Crippen LogP contribution in [0.25, 0.3) is 5.82 Å². The normalized spacial score (nSPS) is 14.8. The average Bonchev–Trinajstić information content (AvgIpc) is 3.38. The molecular formula is C20H20N4O2. The number of pyridine rings is 1. The maximum absolute atomic E-state index is 13.0. The fraction of sp³-hybridized carbons (Fsp3) is 0.250. The summed E-state index contributed by atoms with van der Waals surface area (Å²) in [6, 6.07) is 15.0. The third-order valence-corrected chi connectivity index (χ3v) is 4.52. The van der Waals surface area contributed by atoms with Gasteiger partial charge in [-0.25, -0.2) is 9.97 Å². The number of nitrogens with zero attached hydrogens (tertiary/aromatic N) is 4. The Kier molecular flexibility index (Phi) is 4.50. The van der Waals surface area contributed by atoms with Crippen LogP contribution in [0.4, 0.5) is 0 Å². The van der Waals surface area contributed by atoms with Crippen LogP contribution in [0.1, 0.15) is 35.0 Å². The molecular weight excluding hydrogens is 328 g/mol. The maximum Gasteiger partial charge on any atom is 0.272 e. The Morgan fingerprint density at radius 1 is 1.19 bits per heavy atom. The van der Waals surface area contributed by atoms with E-state index in [1.165, 1.54) is 0 Å². The Hall–Kier alpha value is -2.99. The Balaban J connectivity index is 1.55. The van der Waals surface area contributed by atoms with Gasteiger partial charge in [-0.2, -0.15) is 0 Å². The lowest BCUT2D eigenvalue weighted by atomic mass is 10.1. The summed E-state index contributed by atoms with van der Waals surface area (Å²) in [6.07, 6.45) is 6.33. The second-order valence-electron chi connectivity index (χ2n) is 6.47. The molecule has 0 unspecified atom stereocenters. The number of hydrogen-bond acceptors (Lipinski definition) is 4. The van der Waals surface area contributed by atoms with Gasteiger partial charge in [-0.05, 0) is 30.5 Å². The lowest BCUT2D eigenvalue weighted by Gasteiger charge is -2.25. The van der Waals surface area contributed by atoms with Gasteiger partial charge in [0.15, 0.2) is 0 Å². The van der Waals surface area contributed by atoms with Crippen LogP contribution in [0.15, 0.2) is 67.3 Å². The molecule has 4 rings (SSSR count). The second-order valence-corrected chi connectivity index (χ2v) is 6.47. The summed E-state index contributed by atoms with van der Waals surface area (Å²) >= 11 is 0. The van der Waals surface area contributed by atoms with E-state index in [0.29, 0.717) is 11.5 Å². The third-order valence-electron chi connectivity index (χ3n) is 4.52. The van der Waals surface area contributed by atoms with Gasteiger partial charge in [-0.15, -0.1) is 0 Å². The molecule has 1 N–H and O–H groups in total. The highest BCUT2D eigenvalue weighted by Crippen LogP contribution is 2.30. The van der Waals surface area contributed by atoms with E-state index in [-0.39, 0.29) is 18.5 Å². The number of aromatic nitrogens is 3. The molecule has 0 spiro atoms. The number of carbonyl (C=O) groups excluding carboxylic acids is 1. The van der Waals surface area contributed by atoms with Gasteiger partial charge in [-0.1, -0.05) is 36.4 Å². The quantitative estimate of drug-likeness (QED) is 0.743. The molecule has 3 aromatic rings. The number of aliphatic hydroxyl groups excluding tert-OH is 1. The molecule has 132 valence electrons. The first-order chi connectivity index (χ1) is 12.7. The van der Waals surface area contributed by atoms with Crippen molar-refractivity contribution in [1.82, 2.24) is 19.4 Å². The molecule has 6 heteroatoms. The highest BCUT2D eigenvalue weighted by atomic mass is 16.3. The highest BCUT2D eigenvalue weighted by Gasteiger charge is 2.35. The van der Waals surface area contributed by atoms with E-state index in [1.54, 1.807) is 34.3 Å². The van der Waals surface area contributed by atoms with Crippen LogP contribution in [0.5, 0.6) is 0 Å². The van der Waals surface area contributed by atoms with Crippen LogP contribution in [-0.4, -0.2) is 43.0 Å². The first-order valence-electron chi connectivity index (χ1n) is 8.72. The topological polar surface area (TPSA) is 71.2 Å². The fourth-order valence-corrected chi connectivity index (χ4v) is 2.98. The number of amides is 1. The molecule has 0 radical (unpaired) electrons. The zero-order valence-electron chi connectivity index (χ0n) is 14.3. The molecule has 1 aliphatic rings. The summed E-state index contributed by atoms with van der Waals surface area (Å²) in [5, 5.41) is 10.5. The molecule has 1 fully saturated rings. The molecule has 0 bridgehead atoms. The molecule has 6 nitrogen and oxygen atoms in total. The van der Waals surface area contributed by atoms with Crippen LogP contribution in [-0.2, 0) is 0 Å². The lowest BCUT2D eigenvalue weighted by molar-refractivity contribution is 0.0597. The van der Waals surface area contributed by atoms with Crippen molar-refractivity contribution in [2.75, 3.05) is 6.54 Å². The molecule has 1 aromatic carbocycles. The zero-order chi connectivity index (χ0) is 17.9. The van der Waals surface area contributed by atoms with Crippen molar-refractivity contribution >= 4 is 5.91 Å². The minimum Gasteiger partial charge on any atom is -0.387 e. The number of imidazole rings is 1. The summed E-state index contributed by atoms with van der Waals surface area (Å²) in [7, 11) is 0. The molecule has 1 amide bonds. The first-order valence-corrected chi connectivity index (χ1v) is 8.72. The zero-order valence-corrected chi connectivity index (χ0v) is 14.3. The van der Waals surface area contributed by atoms with Gasteiger partial charge in [0.2, 0.25) is 0 Å². The van der Waals surface area contributed by atoms with Crippen molar-refractivity contribution in [1.29, 1.82) is 0 Å². The molecule has 1 saturated carbocycles. The van der Waals surface area contributed by atoms with E-state index in [9.17, 15) is 9.90 Å². The van der Waals surface area contributed by atoms with Crippen molar-refractivity contribution in [3.05, 3.63) is 78.5 Å². The molecule has 1 aliphatic carbocycles. The molecule has 26 heavy (non-hydrogen) atoms. The van der Waals surface area contributed by atoms with Gasteiger partial charge in [0.05, 0.1) is 12.6 Å². The number of hydrogen-bond donors (Lipinski definition) is 1. The predicted octanol–water partition coefficient (Wildman–Crippen LogP) is 2.61. The monoisotopic (exact) mass is 348 g/mol. The van der Waals surface area contributed by atoms with Gasteiger partial charge in [0.1, 0.15) is 17.8 Å². The van der Waals surface area contributed by atoms with Crippen molar-refractivity contribution in [2.24, 2.45) is 0 Å². The second kappa shape index (κ2) is 7.09. The van der Waals surface area contributed by atoms with E-state index < -0.39 is 6.10 Å². The maximum atomic E-state index is 13.0. The van der Waals surface area contributed by atoms with Crippen LogP contribution in [0.3, 0.4) is 0 Å². The third kappa shape index (κ3) is 3.50. The summed E-state index contributed by atoms with van der Waals surface area (Å²) < 4.78 is 1.76. The fourth-order valence-electron chi connectivity index (χ4n) is 2.98. The van der Waals surface area contributed by atoms with Crippen LogP contribution < -0.4 is 0 Å². The van der Waals surface area contributed by atoms with Crippen molar-refractivity contribution < 1.29 is 9.90 Å². The number of carbonyl (C=O) groups is 1. The average molecular weight is 348 g/mol. The largest absolute Gasteiger partial charge is 0.387 e. The standard InChI is InChI=1S/C20H20N4O2/c25-18(15-5-2-1-3-6-15)13-24(16-9-10-16)20(26)17-7-4-8-19(22-17)23-12-11-21-14-23/h1-8,11-12,14,16,18,25H,9-10,13H2/t18-/m0/s1. The minimum absolute atomic E-state index is 0.149. The number of benzene rings is 1.